The summed E-state index contributed by atoms with van der Waals surface area (Å²) < 4.78 is 36.6. The number of alkyl halides is 3. The zero-order valence-electron chi connectivity index (χ0n) is 13.8. The highest BCUT2D eigenvalue weighted by Crippen LogP contribution is 2.16. The Morgan fingerprint density at radius 2 is 1.79 bits per heavy atom. The number of aliphatic imine (C=N–C) groups is 1. The minimum absolute atomic E-state index is 0. The first-order chi connectivity index (χ1) is 10.9. The van der Waals surface area contributed by atoms with Crippen LogP contribution in [0.15, 0.2) is 40.2 Å². The molecule has 0 unspecified atom stereocenters. The maximum Gasteiger partial charge on any atom is 0.401 e. The average molecular weight is 476 g/mol. The zero-order valence-corrected chi connectivity index (χ0v) is 16.9. The summed E-state index contributed by atoms with van der Waals surface area (Å²) in [5.74, 6) is 1.47. The van der Waals surface area contributed by atoms with Gasteiger partial charge in [-0.3, -0.25) is 9.89 Å². The van der Waals surface area contributed by atoms with Gasteiger partial charge in [-0.05, 0) is 19.2 Å². The first-order valence-electron chi connectivity index (χ1n) is 7.28. The molecule has 1 aromatic rings. The Bertz CT molecular complexity index is 472. The van der Waals surface area contributed by atoms with Crippen LogP contribution < -0.4 is 10.6 Å². The molecule has 0 spiro atoms. The van der Waals surface area contributed by atoms with Crippen LogP contribution in [0, 0.1) is 0 Å². The van der Waals surface area contributed by atoms with Crippen LogP contribution in [0.4, 0.5) is 13.2 Å². The average Bonchev–Trinajstić information content (AvgIpc) is 2.49. The number of guanidine groups is 1. The monoisotopic (exact) mass is 476 g/mol. The van der Waals surface area contributed by atoms with Crippen LogP contribution >= 0.6 is 35.7 Å². The maximum atomic E-state index is 12.2. The van der Waals surface area contributed by atoms with Gasteiger partial charge in [0.2, 0.25) is 0 Å². The second kappa shape index (κ2) is 12.6. The van der Waals surface area contributed by atoms with Crippen molar-refractivity contribution in [2.75, 3.05) is 46.0 Å². The van der Waals surface area contributed by atoms with Crippen LogP contribution in [0.1, 0.15) is 0 Å². The predicted octanol–water partition coefficient (Wildman–Crippen LogP) is 3.06. The molecule has 9 heteroatoms. The molecule has 0 saturated heterocycles. The molecule has 1 aromatic carbocycles. The fourth-order valence-electron chi connectivity index (χ4n) is 1.83. The first kappa shape index (κ1) is 23.3. The molecule has 0 fully saturated rings. The van der Waals surface area contributed by atoms with E-state index in [2.05, 4.69) is 15.6 Å². The quantitative estimate of drug-likeness (QED) is 0.199. The summed E-state index contributed by atoms with van der Waals surface area (Å²) in [6, 6.07) is 10.1. The summed E-state index contributed by atoms with van der Waals surface area (Å²) in [6.07, 6.45) is -4.16. The molecule has 1 rings (SSSR count). The second-order valence-electron chi connectivity index (χ2n) is 4.94. The van der Waals surface area contributed by atoms with Gasteiger partial charge in [-0.2, -0.15) is 13.2 Å². The molecule has 24 heavy (non-hydrogen) atoms. The van der Waals surface area contributed by atoms with Crippen LogP contribution in [-0.2, 0) is 0 Å². The van der Waals surface area contributed by atoms with Crippen molar-refractivity contribution in [1.82, 2.24) is 15.5 Å². The van der Waals surface area contributed by atoms with Crippen molar-refractivity contribution in [3.05, 3.63) is 30.3 Å². The third kappa shape index (κ3) is 11.8. The van der Waals surface area contributed by atoms with Crippen molar-refractivity contribution in [3.8, 4) is 0 Å². The smallest absolute Gasteiger partial charge is 0.356 e. The molecule has 0 aromatic heterocycles. The van der Waals surface area contributed by atoms with Crippen molar-refractivity contribution >= 4 is 41.7 Å². The van der Waals surface area contributed by atoms with E-state index in [9.17, 15) is 13.2 Å². The third-order valence-corrected chi connectivity index (χ3v) is 3.88. The molecule has 0 aliphatic rings. The van der Waals surface area contributed by atoms with Crippen molar-refractivity contribution in [2.24, 2.45) is 4.99 Å². The number of hydrogen-bond acceptors (Lipinski definition) is 3. The highest BCUT2D eigenvalue weighted by atomic mass is 127. The van der Waals surface area contributed by atoms with E-state index in [4.69, 9.17) is 0 Å². The first-order valence-corrected chi connectivity index (χ1v) is 8.27. The maximum absolute atomic E-state index is 12.2. The van der Waals surface area contributed by atoms with E-state index in [-0.39, 0.29) is 24.0 Å². The van der Waals surface area contributed by atoms with Gasteiger partial charge in [-0.25, -0.2) is 0 Å². The summed E-state index contributed by atoms with van der Waals surface area (Å²) >= 11 is 1.73. The van der Waals surface area contributed by atoms with Gasteiger partial charge in [-0.1, -0.05) is 18.2 Å². The summed E-state index contributed by atoms with van der Waals surface area (Å²) in [4.78, 5) is 6.48. The number of thioether (sulfide) groups is 1. The van der Waals surface area contributed by atoms with E-state index in [0.717, 1.165) is 12.3 Å². The number of likely N-dealkylation sites (N-methyl/N-ethyl adjacent to an activating group) is 1. The molecule has 0 aliphatic carbocycles. The van der Waals surface area contributed by atoms with Crippen LogP contribution in [-0.4, -0.2) is 63.1 Å². The van der Waals surface area contributed by atoms with Gasteiger partial charge in [0.05, 0.1) is 6.54 Å². The van der Waals surface area contributed by atoms with Gasteiger partial charge < -0.3 is 10.6 Å². The summed E-state index contributed by atoms with van der Waals surface area (Å²) in [7, 11) is 3.08. The van der Waals surface area contributed by atoms with E-state index in [0.29, 0.717) is 19.0 Å². The van der Waals surface area contributed by atoms with Crippen LogP contribution in [0.3, 0.4) is 0 Å². The SMILES string of the molecule is CN=C(NCCSc1ccccc1)NCCN(C)CC(F)(F)F.I. The molecule has 0 bridgehead atoms. The summed E-state index contributed by atoms with van der Waals surface area (Å²) in [5, 5.41) is 6.14. The van der Waals surface area contributed by atoms with Gasteiger partial charge >= 0.3 is 6.18 Å². The Balaban J connectivity index is 0.00000529. The molecule has 0 saturated carbocycles. The normalized spacial score (nSPS) is 12.0. The highest BCUT2D eigenvalue weighted by molar-refractivity contribution is 14.0. The number of benzene rings is 1. The summed E-state index contributed by atoms with van der Waals surface area (Å²) in [5.41, 5.74) is 0. The fraction of sp³-hybridized carbons (Fsp3) is 0.533. The third-order valence-electron chi connectivity index (χ3n) is 2.87. The van der Waals surface area contributed by atoms with Crippen LogP contribution in [0.2, 0.25) is 0 Å². The lowest BCUT2D eigenvalue weighted by Crippen LogP contribution is -2.43. The lowest BCUT2D eigenvalue weighted by atomic mass is 10.4. The molecule has 0 heterocycles. The van der Waals surface area contributed by atoms with E-state index in [1.807, 2.05) is 30.3 Å². The minimum atomic E-state index is -4.16. The van der Waals surface area contributed by atoms with E-state index in [1.54, 1.807) is 18.8 Å². The standard InChI is InChI=1S/C15H23F3N4S.HI/c1-19-14(20-8-10-22(2)12-15(16,17)18)21-9-11-23-13-6-4-3-5-7-13;/h3-7H,8-12H2,1-2H3,(H2,19,20,21);1H. The van der Waals surface area contributed by atoms with Crippen molar-refractivity contribution in [1.29, 1.82) is 0 Å². The molecule has 0 radical (unpaired) electrons. The Hall–Kier alpha value is -0.680. The lowest BCUT2D eigenvalue weighted by Gasteiger charge is -2.19. The van der Waals surface area contributed by atoms with Crippen molar-refractivity contribution < 1.29 is 13.2 Å². The molecule has 2 N–H and O–H groups in total. The molecule has 0 atom stereocenters. The molecular weight excluding hydrogens is 452 g/mol. The number of nitrogens with zero attached hydrogens (tertiary/aromatic N) is 2. The fourth-order valence-corrected chi connectivity index (χ4v) is 2.62. The molecular formula is C15H24F3IN4S. The largest absolute Gasteiger partial charge is 0.401 e. The van der Waals surface area contributed by atoms with Gasteiger partial charge in [-0.15, -0.1) is 35.7 Å². The number of rotatable bonds is 8. The predicted molar refractivity (Wildman–Crippen MR) is 105 cm³/mol. The number of nitrogens with one attached hydrogen (secondary N) is 2. The Morgan fingerprint density at radius 3 is 2.38 bits per heavy atom. The zero-order chi connectivity index (χ0) is 17.1. The van der Waals surface area contributed by atoms with Gasteiger partial charge in [0, 0.05) is 37.3 Å². The minimum Gasteiger partial charge on any atom is -0.356 e. The summed E-state index contributed by atoms with van der Waals surface area (Å²) in [6.45, 7) is 0.503. The van der Waals surface area contributed by atoms with Gasteiger partial charge in [0.15, 0.2) is 5.96 Å². The number of halogens is 4. The lowest BCUT2D eigenvalue weighted by molar-refractivity contribution is -0.142. The van der Waals surface area contributed by atoms with E-state index >= 15 is 0 Å². The highest BCUT2D eigenvalue weighted by Gasteiger charge is 2.28. The molecule has 138 valence electrons. The number of hydrogen-bond donors (Lipinski definition) is 2. The van der Waals surface area contributed by atoms with E-state index < -0.39 is 12.7 Å². The van der Waals surface area contributed by atoms with Crippen molar-refractivity contribution in [3.63, 3.8) is 0 Å². The Labute approximate surface area is 162 Å². The van der Waals surface area contributed by atoms with Crippen LogP contribution in [0.5, 0.6) is 0 Å². The Kier molecular flexibility index (Phi) is 12.3. The topological polar surface area (TPSA) is 39.7 Å². The second-order valence-corrected chi connectivity index (χ2v) is 6.11. The molecule has 0 aliphatic heterocycles. The van der Waals surface area contributed by atoms with Gasteiger partial charge in [0.1, 0.15) is 0 Å². The molecule has 4 nitrogen and oxygen atoms in total. The van der Waals surface area contributed by atoms with E-state index in [1.165, 1.54) is 16.8 Å². The Morgan fingerprint density at radius 1 is 1.17 bits per heavy atom. The van der Waals surface area contributed by atoms with Gasteiger partial charge in [0.25, 0.3) is 0 Å². The van der Waals surface area contributed by atoms with Crippen LogP contribution in [0.25, 0.3) is 0 Å². The van der Waals surface area contributed by atoms with Crippen molar-refractivity contribution in [2.45, 2.75) is 11.1 Å². The molecule has 0 amide bonds.